The number of aromatic nitrogens is 1. The van der Waals surface area contributed by atoms with Crippen LogP contribution in [0.25, 0.3) is 0 Å². The van der Waals surface area contributed by atoms with Gasteiger partial charge in [-0.25, -0.2) is 9.98 Å². The number of hydrogen-bond donors (Lipinski definition) is 1. The highest BCUT2D eigenvalue weighted by atomic mass is 79.9. The number of amidine groups is 1. The van der Waals surface area contributed by atoms with E-state index in [-0.39, 0.29) is 12.6 Å². The summed E-state index contributed by atoms with van der Waals surface area (Å²) in [4.78, 5) is 11.6. The Kier molecular flexibility index (Phi) is 5.92. The maximum atomic E-state index is 9.52. The minimum Gasteiger partial charge on any atom is -0.481 e. The summed E-state index contributed by atoms with van der Waals surface area (Å²) in [6.45, 7) is 0.796. The van der Waals surface area contributed by atoms with E-state index in [1.165, 1.54) is 5.56 Å². The van der Waals surface area contributed by atoms with E-state index in [0.717, 1.165) is 27.1 Å². The number of benzene rings is 2. The van der Waals surface area contributed by atoms with Crippen molar-refractivity contribution in [2.45, 2.75) is 12.5 Å². The Morgan fingerprint density at radius 3 is 2.62 bits per heavy atom. The van der Waals surface area contributed by atoms with Crippen molar-refractivity contribution in [3.63, 3.8) is 0 Å². The molecule has 0 amide bonds. The molecule has 6 heteroatoms. The van der Waals surface area contributed by atoms with Crippen molar-refractivity contribution in [1.29, 1.82) is 0 Å². The molecule has 2 heterocycles. The average molecular weight is 452 g/mol. The Morgan fingerprint density at radius 2 is 1.93 bits per heavy atom. The number of ether oxygens (including phenoxy) is 1. The number of aliphatic hydroxyl groups excluding tert-OH is 1. The SMILES string of the molecule is COc1ccc(C2=Nc3ccc(Br)cc3C(c3ccccc3)N2CCCO)cn1. The predicted molar refractivity (Wildman–Crippen MR) is 118 cm³/mol. The van der Waals surface area contributed by atoms with Crippen molar-refractivity contribution in [3.05, 3.63) is 88.0 Å². The summed E-state index contributed by atoms with van der Waals surface area (Å²) >= 11 is 3.61. The second kappa shape index (κ2) is 8.76. The summed E-state index contributed by atoms with van der Waals surface area (Å²) < 4.78 is 6.22. The molecule has 1 N–H and O–H groups in total. The number of halogens is 1. The lowest BCUT2D eigenvalue weighted by molar-refractivity contribution is 0.254. The van der Waals surface area contributed by atoms with E-state index in [1.54, 1.807) is 13.3 Å². The Labute approximate surface area is 178 Å². The van der Waals surface area contributed by atoms with Crippen molar-refractivity contribution in [2.24, 2.45) is 4.99 Å². The van der Waals surface area contributed by atoms with Crippen LogP contribution in [0.2, 0.25) is 0 Å². The molecule has 5 nitrogen and oxygen atoms in total. The van der Waals surface area contributed by atoms with Crippen molar-refractivity contribution < 1.29 is 9.84 Å². The fourth-order valence-electron chi connectivity index (χ4n) is 3.65. The maximum Gasteiger partial charge on any atom is 0.212 e. The first kappa shape index (κ1) is 19.6. The molecule has 3 aromatic rings. The molecule has 0 fully saturated rings. The van der Waals surface area contributed by atoms with Crippen molar-refractivity contribution in [3.8, 4) is 5.88 Å². The summed E-state index contributed by atoms with van der Waals surface area (Å²) in [6.07, 6.45) is 2.44. The number of aliphatic imine (C=N–C) groups is 1. The second-order valence-corrected chi connectivity index (χ2v) is 7.73. The average Bonchev–Trinajstić information content (AvgIpc) is 2.77. The molecule has 0 radical (unpaired) electrons. The number of fused-ring (bicyclic) bond motifs is 1. The fraction of sp³-hybridized carbons (Fsp3) is 0.217. The van der Waals surface area contributed by atoms with Crippen LogP contribution in [0.3, 0.4) is 0 Å². The van der Waals surface area contributed by atoms with E-state index in [9.17, 15) is 5.11 Å². The molecule has 1 atom stereocenters. The summed E-state index contributed by atoms with van der Waals surface area (Å²) in [7, 11) is 1.60. The van der Waals surface area contributed by atoms with Gasteiger partial charge in [-0.15, -0.1) is 0 Å². The Morgan fingerprint density at radius 1 is 1.10 bits per heavy atom. The second-order valence-electron chi connectivity index (χ2n) is 6.81. The molecule has 0 spiro atoms. The summed E-state index contributed by atoms with van der Waals surface area (Å²) in [6, 6.07) is 20.4. The molecule has 1 aliphatic heterocycles. The fourth-order valence-corrected chi connectivity index (χ4v) is 4.03. The largest absolute Gasteiger partial charge is 0.481 e. The third-order valence-electron chi connectivity index (χ3n) is 4.97. The lowest BCUT2D eigenvalue weighted by atomic mass is 9.93. The highest BCUT2D eigenvalue weighted by molar-refractivity contribution is 9.10. The summed E-state index contributed by atoms with van der Waals surface area (Å²) in [5.41, 5.74) is 4.17. The van der Waals surface area contributed by atoms with E-state index in [4.69, 9.17) is 9.73 Å². The number of aliphatic hydroxyl groups is 1. The van der Waals surface area contributed by atoms with Crippen molar-refractivity contribution in [2.75, 3.05) is 20.3 Å². The van der Waals surface area contributed by atoms with Gasteiger partial charge < -0.3 is 14.7 Å². The number of hydrogen-bond acceptors (Lipinski definition) is 5. The van der Waals surface area contributed by atoms with Gasteiger partial charge in [0.05, 0.1) is 18.8 Å². The van der Waals surface area contributed by atoms with Gasteiger partial charge in [0.1, 0.15) is 5.84 Å². The van der Waals surface area contributed by atoms with Crippen LogP contribution >= 0.6 is 15.9 Å². The Balaban J connectivity index is 1.89. The van der Waals surface area contributed by atoms with Gasteiger partial charge >= 0.3 is 0 Å². The first-order valence-corrected chi connectivity index (χ1v) is 10.3. The molecule has 29 heavy (non-hydrogen) atoms. The van der Waals surface area contributed by atoms with E-state index >= 15 is 0 Å². The van der Waals surface area contributed by atoms with Crippen molar-refractivity contribution in [1.82, 2.24) is 9.88 Å². The number of nitrogens with zero attached hydrogens (tertiary/aromatic N) is 3. The van der Waals surface area contributed by atoms with Gasteiger partial charge in [0, 0.05) is 41.0 Å². The molecule has 0 saturated carbocycles. The van der Waals surface area contributed by atoms with Gasteiger partial charge in [0.25, 0.3) is 0 Å². The summed E-state index contributed by atoms with van der Waals surface area (Å²) in [5, 5.41) is 9.52. The molecule has 0 saturated heterocycles. The molecule has 0 bridgehead atoms. The number of rotatable bonds is 6. The maximum absolute atomic E-state index is 9.52. The van der Waals surface area contributed by atoms with E-state index in [2.05, 4.69) is 56.1 Å². The topological polar surface area (TPSA) is 58.0 Å². The first-order chi connectivity index (χ1) is 14.2. The van der Waals surface area contributed by atoms with Gasteiger partial charge in [-0.3, -0.25) is 0 Å². The van der Waals surface area contributed by atoms with Gasteiger partial charge in [0.2, 0.25) is 5.88 Å². The highest BCUT2D eigenvalue weighted by Gasteiger charge is 2.32. The zero-order valence-corrected chi connectivity index (χ0v) is 17.7. The van der Waals surface area contributed by atoms with Gasteiger partial charge in [0.15, 0.2) is 0 Å². The molecule has 1 aromatic heterocycles. The highest BCUT2D eigenvalue weighted by Crippen LogP contribution is 2.41. The minimum atomic E-state index is -0.00940. The summed E-state index contributed by atoms with van der Waals surface area (Å²) in [5.74, 6) is 1.41. The zero-order chi connectivity index (χ0) is 20.2. The molecule has 1 unspecified atom stereocenters. The van der Waals surface area contributed by atoms with Crippen LogP contribution in [-0.4, -0.2) is 41.1 Å². The standard InChI is InChI=1S/C23H22BrN3O2/c1-29-21-11-8-17(15-25-21)23-26-20-10-9-18(24)14-19(20)22(27(23)12-5-13-28)16-6-3-2-4-7-16/h2-4,6-11,14-15,22,28H,5,12-13H2,1H3. The lowest BCUT2D eigenvalue weighted by Gasteiger charge is -2.39. The van der Waals surface area contributed by atoms with E-state index in [0.29, 0.717) is 18.8 Å². The quantitative estimate of drug-likeness (QED) is 0.588. The molecular weight excluding hydrogens is 430 g/mol. The number of pyridine rings is 1. The Bertz CT molecular complexity index is 1010. The van der Waals surface area contributed by atoms with Crippen LogP contribution in [0.15, 0.2) is 76.3 Å². The predicted octanol–water partition coefficient (Wildman–Crippen LogP) is 4.72. The van der Waals surface area contributed by atoms with Crippen LogP contribution in [-0.2, 0) is 0 Å². The van der Waals surface area contributed by atoms with Gasteiger partial charge in [-0.05, 0) is 36.2 Å². The van der Waals surface area contributed by atoms with Crippen LogP contribution in [0.5, 0.6) is 5.88 Å². The lowest BCUT2D eigenvalue weighted by Crippen LogP contribution is -2.39. The van der Waals surface area contributed by atoms with E-state index < -0.39 is 0 Å². The molecule has 1 aliphatic rings. The third-order valence-corrected chi connectivity index (χ3v) is 5.46. The molecule has 148 valence electrons. The van der Waals surface area contributed by atoms with Crippen LogP contribution in [0.1, 0.15) is 29.2 Å². The van der Waals surface area contributed by atoms with Gasteiger partial charge in [-0.1, -0.05) is 46.3 Å². The van der Waals surface area contributed by atoms with E-state index in [1.807, 2.05) is 30.3 Å². The van der Waals surface area contributed by atoms with Crippen LogP contribution in [0.4, 0.5) is 5.69 Å². The monoisotopic (exact) mass is 451 g/mol. The van der Waals surface area contributed by atoms with Crippen LogP contribution < -0.4 is 4.74 Å². The third kappa shape index (κ3) is 4.04. The first-order valence-electron chi connectivity index (χ1n) is 9.52. The molecular formula is C23H22BrN3O2. The zero-order valence-electron chi connectivity index (χ0n) is 16.1. The minimum absolute atomic E-state index is 0.00940. The number of methoxy groups -OCH3 is 1. The normalized spacial score (nSPS) is 15.6. The van der Waals surface area contributed by atoms with Crippen LogP contribution in [0, 0.1) is 0 Å². The molecule has 4 rings (SSSR count). The molecule has 2 aromatic carbocycles. The van der Waals surface area contributed by atoms with Gasteiger partial charge in [-0.2, -0.15) is 0 Å². The smallest absolute Gasteiger partial charge is 0.212 e. The molecule has 0 aliphatic carbocycles. The Hall–Kier alpha value is -2.70. The van der Waals surface area contributed by atoms with Crippen molar-refractivity contribution >= 4 is 27.5 Å².